The van der Waals surface area contributed by atoms with E-state index in [1.807, 2.05) is 18.2 Å². The highest BCUT2D eigenvalue weighted by molar-refractivity contribution is 6.20. The molecule has 1 amide bonds. The van der Waals surface area contributed by atoms with Gasteiger partial charge in [-0.2, -0.15) is 9.98 Å². The highest BCUT2D eigenvalue weighted by Crippen LogP contribution is 2.38. The fourth-order valence-electron chi connectivity index (χ4n) is 3.19. The summed E-state index contributed by atoms with van der Waals surface area (Å²) in [5.74, 6) is 2.09. The molecule has 27 heavy (non-hydrogen) atoms. The van der Waals surface area contributed by atoms with Crippen molar-refractivity contribution in [2.24, 2.45) is 15.9 Å². The summed E-state index contributed by atoms with van der Waals surface area (Å²) in [7, 11) is 4.69. The smallest absolute Gasteiger partial charge is 0.260 e. The van der Waals surface area contributed by atoms with Gasteiger partial charge in [-0.1, -0.05) is 12.1 Å². The molecule has 0 aliphatic carbocycles. The zero-order valence-corrected chi connectivity index (χ0v) is 15.2. The molecular weight excluding hydrogens is 348 g/mol. The average Bonchev–Trinajstić information content (AvgIpc) is 2.71. The lowest BCUT2D eigenvalue weighted by molar-refractivity contribution is -0.120. The topological polar surface area (TPSA) is 78.7 Å². The first kappa shape index (κ1) is 17.1. The van der Waals surface area contributed by atoms with Crippen LogP contribution in [0.4, 0.5) is 0 Å². The van der Waals surface area contributed by atoms with Gasteiger partial charge in [0.1, 0.15) is 17.4 Å². The Morgan fingerprint density at radius 3 is 2.56 bits per heavy atom. The minimum atomic E-state index is -0.530. The van der Waals surface area contributed by atoms with Crippen molar-refractivity contribution in [3.8, 4) is 23.0 Å². The standard InChI is InChI=1S/C20H18N2O5/c1-24-12-7-8-13(16(10-12)26-3)18-21-19(23)14-9-11-5-4-6-15(25-2)17(11)27-20(14)22-18/h4-8,10,14H,9H2,1-3H3. The molecule has 2 aliphatic heterocycles. The van der Waals surface area contributed by atoms with E-state index in [4.69, 9.17) is 18.9 Å². The van der Waals surface area contributed by atoms with Crippen LogP contribution in [0, 0.1) is 5.92 Å². The summed E-state index contributed by atoms with van der Waals surface area (Å²) >= 11 is 0. The minimum absolute atomic E-state index is 0.254. The molecule has 0 spiro atoms. The first-order valence-electron chi connectivity index (χ1n) is 8.42. The summed E-state index contributed by atoms with van der Waals surface area (Å²) in [5.41, 5.74) is 1.49. The molecular formula is C20H18N2O5. The number of carbonyl (C=O) groups is 1. The molecule has 1 atom stereocenters. The van der Waals surface area contributed by atoms with Crippen molar-refractivity contribution in [1.82, 2.24) is 0 Å². The number of rotatable bonds is 4. The normalized spacial score (nSPS) is 17.7. The first-order valence-corrected chi connectivity index (χ1v) is 8.42. The van der Waals surface area contributed by atoms with Gasteiger partial charge >= 0.3 is 0 Å². The maximum absolute atomic E-state index is 12.7. The van der Waals surface area contributed by atoms with Crippen LogP contribution in [0.1, 0.15) is 11.1 Å². The molecule has 4 rings (SSSR count). The molecule has 0 radical (unpaired) electrons. The number of carbonyl (C=O) groups excluding carboxylic acids is 1. The number of benzene rings is 2. The van der Waals surface area contributed by atoms with E-state index in [-0.39, 0.29) is 11.7 Å². The minimum Gasteiger partial charge on any atom is -0.497 e. The molecule has 1 unspecified atom stereocenters. The Hall–Kier alpha value is -3.35. The monoisotopic (exact) mass is 366 g/mol. The number of methoxy groups -OCH3 is 3. The van der Waals surface area contributed by atoms with Crippen LogP contribution in [0.3, 0.4) is 0 Å². The SMILES string of the molecule is COc1ccc(C2=NC(=O)C3Cc4cccc(OC)c4OC3=N2)c(OC)c1. The highest BCUT2D eigenvalue weighted by Gasteiger charge is 2.37. The average molecular weight is 366 g/mol. The Morgan fingerprint density at radius 1 is 1.00 bits per heavy atom. The van der Waals surface area contributed by atoms with Gasteiger partial charge in [0.05, 0.1) is 26.9 Å². The Kier molecular flexibility index (Phi) is 4.27. The van der Waals surface area contributed by atoms with Crippen LogP contribution < -0.4 is 18.9 Å². The van der Waals surface area contributed by atoms with E-state index in [2.05, 4.69) is 9.98 Å². The van der Waals surface area contributed by atoms with Crippen LogP contribution in [0.25, 0.3) is 0 Å². The van der Waals surface area contributed by atoms with Crippen molar-refractivity contribution in [2.45, 2.75) is 6.42 Å². The number of fused-ring (bicyclic) bond motifs is 2. The van der Waals surface area contributed by atoms with Gasteiger partial charge in [-0.15, -0.1) is 0 Å². The molecule has 2 aromatic carbocycles. The van der Waals surface area contributed by atoms with Crippen LogP contribution in [-0.4, -0.2) is 39.0 Å². The molecule has 138 valence electrons. The number of ether oxygens (including phenoxy) is 4. The maximum atomic E-state index is 12.7. The van der Waals surface area contributed by atoms with Gasteiger partial charge in [0.15, 0.2) is 17.3 Å². The number of nitrogens with zero attached hydrogens (tertiary/aromatic N) is 2. The summed E-state index contributed by atoms with van der Waals surface area (Å²) in [6.07, 6.45) is 0.473. The molecule has 2 heterocycles. The Labute approximate surface area is 156 Å². The van der Waals surface area contributed by atoms with Gasteiger partial charge in [0.2, 0.25) is 5.90 Å². The van der Waals surface area contributed by atoms with Crippen LogP contribution in [0.15, 0.2) is 46.4 Å². The fourth-order valence-corrected chi connectivity index (χ4v) is 3.19. The van der Waals surface area contributed by atoms with E-state index in [1.165, 1.54) is 7.11 Å². The van der Waals surface area contributed by atoms with Crippen LogP contribution >= 0.6 is 0 Å². The molecule has 0 saturated carbocycles. The number of amidine groups is 1. The predicted molar refractivity (Wildman–Crippen MR) is 99.3 cm³/mol. The number of amides is 1. The van der Waals surface area contributed by atoms with Crippen molar-refractivity contribution in [2.75, 3.05) is 21.3 Å². The number of para-hydroxylation sites is 1. The van der Waals surface area contributed by atoms with Crippen molar-refractivity contribution < 1.29 is 23.7 Å². The van der Waals surface area contributed by atoms with E-state index in [0.29, 0.717) is 40.9 Å². The summed E-state index contributed by atoms with van der Waals surface area (Å²) in [4.78, 5) is 21.3. The summed E-state index contributed by atoms with van der Waals surface area (Å²) < 4.78 is 21.9. The summed E-state index contributed by atoms with van der Waals surface area (Å²) in [6.45, 7) is 0. The molecule has 0 bridgehead atoms. The van der Waals surface area contributed by atoms with E-state index in [0.717, 1.165) is 5.56 Å². The van der Waals surface area contributed by atoms with Crippen molar-refractivity contribution >= 4 is 17.6 Å². The fraction of sp³-hybridized carbons (Fsp3) is 0.250. The van der Waals surface area contributed by atoms with Crippen LogP contribution in [0.5, 0.6) is 23.0 Å². The zero-order chi connectivity index (χ0) is 19.0. The lowest BCUT2D eigenvalue weighted by Crippen LogP contribution is -2.37. The quantitative estimate of drug-likeness (QED) is 0.831. The van der Waals surface area contributed by atoms with Gasteiger partial charge in [-0.05, 0) is 24.6 Å². The van der Waals surface area contributed by atoms with E-state index < -0.39 is 5.92 Å². The second-order valence-electron chi connectivity index (χ2n) is 6.10. The first-order chi connectivity index (χ1) is 13.1. The molecule has 7 nitrogen and oxygen atoms in total. The van der Waals surface area contributed by atoms with E-state index >= 15 is 0 Å². The zero-order valence-electron chi connectivity index (χ0n) is 15.2. The van der Waals surface area contributed by atoms with E-state index in [1.54, 1.807) is 32.4 Å². The van der Waals surface area contributed by atoms with Gasteiger partial charge < -0.3 is 18.9 Å². The Morgan fingerprint density at radius 2 is 1.81 bits per heavy atom. The highest BCUT2D eigenvalue weighted by atomic mass is 16.5. The third kappa shape index (κ3) is 2.91. The van der Waals surface area contributed by atoms with Crippen LogP contribution in [0.2, 0.25) is 0 Å². The van der Waals surface area contributed by atoms with E-state index in [9.17, 15) is 4.79 Å². The van der Waals surface area contributed by atoms with Crippen molar-refractivity contribution in [3.05, 3.63) is 47.5 Å². The second-order valence-corrected chi connectivity index (χ2v) is 6.10. The molecule has 2 aromatic rings. The van der Waals surface area contributed by atoms with Crippen LogP contribution in [-0.2, 0) is 11.2 Å². The summed E-state index contributed by atoms with van der Waals surface area (Å²) in [5, 5.41) is 0. The molecule has 2 aliphatic rings. The van der Waals surface area contributed by atoms with Crippen molar-refractivity contribution in [1.29, 1.82) is 0 Å². The lowest BCUT2D eigenvalue weighted by Gasteiger charge is -2.28. The van der Waals surface area contributed by atoms with Gasteiger partial charge in [-0.3, -0.25) is 4.79 Å². The molecule has 0 saturated heterocycles. The predicted octanol–water partition coefficient (Wildman–Crippen LogP) is 2.65. The third-order valence-corrected chi connectivity index (χ3v) is 4.59. The number of hydrogen-bond donors (Lipinski definition) is 0. The third-order valence-electron chi connectivity index (χ3n) is 4.59. The lowest BCUT2D eigenvalue weighted by atomic mass is 9.93. The van der Waals surface area contributed by atoms with Gasteiger partial charge in [0.25, 0.3) is 5.91 Å². The maximum Gasteiger partial charge on any atom is 0.260 e. The molecule has 0 fully saturated rings. The summed E-state index contributed by atoms with van der Waals surface area (Å²) in [6, 6.07) is 10.8. The number of aliphatic imine (C=N–C) groups is 2. The molecule has 0 aromatic heterocycles. The molecule has 7 heteroatoms. The Bertz CT molecular complexity index is 980. The van der Waals surface area contributed by atoms with Crippen molar-refractivity contribution in [3.63, 3.8) is 0 Å². The van der Waals surface area contributed by atoms with Gasteiger partial charge in [0, 0.05) is 11.6 Å². The number of hydrogen-bond acceptors (Lipinski definition) is 6. The Balaban J connectivity index is 1.75. The molecule has 0 N–H and O–H groups in total. The largest absolute Gasteiger partial charge is 0.497 e. The van der Waals surface area contributed by atoms with Gasteiger partial charge in [-0.25, -0.2) is 0 Å². The second kappa shape index (κ2) is 6.75.